The van der Waals surface area contributed by atoms with Gasteiger partial charge in [0.1, 0.15) is 6.10 Å². The molecule has 0 unspecified atom stereocenters. The molecule has 1 heterocycles. The van der Waals surface area contributed by atoms with Crippen molar-refractivity contribution < 1.29 is 4.74 Å². The van der Waals surface area contributed by atoms with Gasteiger partial charge in [0.05, 0.1) is 12.4 Å². The first-order valence-electron chi connectivity index (χ1n) is 4.56. The molecule has 1 aliphatic rings. The first-order valence-corrected chi connectivity index (χ1v) is 4.56. The second-order valence-electron chi connectivity index (χ2n) is 3.27. The van der Waals surface area contributed by atoms with E-state index in [9.17, 15) is 4.79 Å². The summed E-state index contributed by atoms with van der Waals surface area (Å²) in [6.45, 7) is 0. The molecule has 0 radical (unpaired) electrons. The largest absolute Gasteiger partial charge is 0.474 e. The summed E-state index contributed by atoms with van der Waals surface area (Å²) in [6.07, 6.45) is 6.21. The maximum absolute atomic E-state index is 10.9. The van der Waals surface area contributed by atoms with Crippen molar-refractivity contribution in [3.05, 3.63) is 22.7 Å². The Morgan fingerprint density at radius 2 is 2.23 bits per heavy atom. The third kappa shape index (κ3) is 2.08. The van der Waals surface area contributed by atoms with Crippen LogP contribution in [-0.2, 0) is 0 Å². The zero-order chi connectivity index (χ0) is 9.10. The molecular weight excluding hydrogens is 168 g/mol. The van der Waals surface area contributed by atoms with Gasteiger partial charge in [0.15, 0.2) is 0 Å². The number of hydrogen-bond acceptors (Lipinski definition) is 3. The fourth-order valence-corrected chi connectivity index (χ4v) is 1.59. The standard InChI is InChI=1S/C9H12N2O2/c12-8-5-9(11-6-10-8)13-7-3-1-2-4-7/h5-7H,1-4H2,(H,10,11,12). The normalized spacial score (nSPS) is 17.5. The third-order valence-electron chi connectivity index (χ3n) is 2.24. The number of aromatic amines is 1. The molecule has 1 saturated carbocycles. The summed E-state index contributed by atoms with van der Waals surface area (Å²) < 4.78 is 5.52. The summed E-state index contributed by atoms with van der Waals surface area (Å²) in [4.78, 5) is 17.3. The Morgan fingerprint density at radius 1 is 1.46 bits per heavy atom. The van der Waals surface area contributed by atoms with Crippen LogP contribution in [0.3, 0.4) is 0 Å². The Balaban J connectivity index is 2.04. The summed E-state index contributed by atoms with van der Waals surface area (Å²) >= 11 is 0. The SMILES string of the molecule is O=c1cc(OC2CCCC2)nc[nH]1. The van der Waals surface area contributed by atoms with Gasteiger partial charge in [0.25, 0.3) is 5.56 Å². The fraction of sp³-hybridized carbons (Fsp3) is 0.556. The van der Waals surface area contributed by atoms with Gasteiger partial charge in [-0.05, 0) is 25.7 Å². The maximum atomic E-state index is 10.9. The van der Waals surface area contributed by atoms with E-state index >= 15 is 0 Å². The van der Waals surface area contributed by atoms with Gasteiger partial charge < -0.3 is 9.72 Å². The van der Waals surface area contributed by atoms with Gasteiger partial charge in [-0.15, -0.1) is 0 Å². The van der Waals surface area contributed by atoms with Crippen LogP contribution in [0, 0.1) is 0 Å². The lowest BCUT2D eigenvalue weighted by atomic mass is 10.3. The summed E-state index contributed by atoms with van der Waals surface area (Å²) in [6, 6.07) is 1.39. The minimum Gasteiger partial charge on any atom is -0.474 e. The second-order valence-corrected chi connectivity index (χ2v) is 3.27. The van der Waals surface area contributed by atoms with Crippen LogP contribution in [0.2, 0.25) is 0 Å². The lowest BCUT2D eigenvalue weighted by Gasteiger charge is -2.10. The molecule has 13 heavy (non-hydrogen) atoms. The Hall–Kier alpha value is -1.32. The zero-order valence-electron chi connectivity index (χ0n) is 7.32. The van der Waals surface area contributed by atoms with Gasteiger partial charge in [0, 0.05) is 0 Å². The molecule has 0 atom stereocenters. The van der Waals surface area contributed by atoms with Gasteiger partial charge in [-0.2, -0.15) is 0 Å². The first kappa shape index (κ1) is 8.29. The zero-order valence-corrected chi connectivity index (χ0v) is 7.32. The number of rotatable bonds is 2. The van der Waals surface area contributed by atoms with E-state index in [2.05, 4.69) is 9.97 Å². The Morgan fingerprint density at radius 3 is 2.92 bits per heavy atom. The van der Waals surface area contributed by atoms with E-state index < -0.39 is 0 Å². The lowest BCUT2D eigenvalue weighted by Crippen LogP contribution is -2.14. The average Bonchev–Trinajstić information content (AvgIpc) is 2.57. The van der Waals surface area contributed by atoms with Crippen LogP contribution in [0.15, 0.2) is 17.2 Å². The van der Waals surface area contributed by atoms with E-state index in [0.717, 1.165) is 12.8 Å². The van der Waals surface area contributed by atoms with Crippen molar-refractivity contribution >= 4 is 0 Å². The number of nitrogens with one attached hydrogen (secondary N) is 1. The molecule has 0 amide bonds. The molecule has 0 spiro atoms. The van der Waals surface area contributed by atoms with Crippen LogP contribution in [0.4, 0.5) is 0 Å². The summed E-state index contributed by atoms with van der Waals surface area (Å²) in [5.41, 5.74) is -0.164. The average molecular weight is 180 g/mol. The van der Waals surface area contributed by atoms with Crippen LogP contribution in [-0.4, -0.2) is 16.1 Å². The lowest BCUT2D eigenvalue weighted by molar-refractivity contribution is 0.201. The molecule has 0 aromatic carbocycles. The van der Waals surface area contributed by atoms with Crippen molar-refractivity contribution in [2.75, 3.05) is 0 Å². The molecule has 1 aromatic heterocycles. The smallest absolute Gasteiger partial charge is 0.254 e. The van der Waals surface area contributed by atoms with Crippen molar-refractivity contribution in [2.24, 2.45) is 0 Å². The summed E-state index contributed by atoms with van der Waals surface area (Å²) in [5, 5.41) is 0. The predicted molar refractivity (Wildman–Crippen MR) is 47.7 cm³/mol. The minimum atomic E-state index is -0.164. The van der Waals surface area contributed by atoms with Crippen molar-refractivity contribution in [2.45, 2.75) is 31.8 Å². The van der Waals surface area contributed by atoms with Crippen LogP contribution >= 0.6 is 0 Å². The number of H-pyrrole nitrogens is 1. The van der Waals surface area contributed by atoms with Gasteiger partial charge in [-0.25, -0.2) is 4.98 Å². The van der Waals surface area contributed by atoms with Crippen LogP contribution in [0.1, 0.15) is 25.7 Å². The first-order chi connectivity index (χ1) is 6.34. The molecule has 1 aliphatic carbocycles. The highest BCUT2D eigenvalue weighted by Crippen LogP contribution is 2.21. The highest BCUT2D eigenvalue weighted by molar-refractivity contribution is 5.05. The number of aromatic nitrogens is 2. The molecule has 70 valence electrons. The van der Waals surface area contributed by atoms with Crippen molar-refractivity contribution in [1.29, 1.82) is 0 Å². The topological polar surface area (TPSA) is 55.0 Å². The van der Waals surface area contributed by atoms with E-state index in [0.29, 0.717) is 5.88 Å². The predicted octanol–water partition coefficient (Wildman–Crippen LogP) is 1.09. The molecule has 0 saturated heterocycles. The van der Waals surface area contributed by atoms with Gasteiger partial charge >= 0.3 is 0 Å². The fourth-order valence-electron chi connectivity index (χ4n) is 1.59. The quantitative estimate of drug-likeness (QED) is 0.741. The van der Waals surface area contributed by atoms with E-state index in [1.165, 1.54) is 25.2 Å². The molecule has 1 N–H and O–H groups in total. The molecule has 4 heteroatoms. The highest BCUT2D eigenvalue weighted by atomic mass is 16.5. The van der Waals surface area contributed by atoms with Crippen LogP contribution in [0.5, 0.6) is 5.88 Å². The van der Waals surface area contributed by atoms with Crippen molar-refractivity contribution in [3.8, 4) is 5.88 Å². The molecule has 0 aliphatic heterocycles. The van der Waals surface area contributed by atoms with Gasteiger partial charge in [0.2, 0.25) is 5.88 Å². The molecule has 2 rings (SSSR count). The van der Waals surface area contributed by atoms with Gasteiger partial charge in [-0.1, -0.05) is 0 Å². The highest BCUT2D eigenvalue weighted by Gasteiger charge is 2.16. The monoisotopic (exact) mass is 180 g/mol. The van der Waals surface area contributed by atoms with E-state index in [-0.39, 0.29) is 11.7 Å². The Bertz CT molecular complexity index is 328. The molecular formula is C9H12N2O2. The number of ether oxygens (including phenoxy) is 1. The minimum absolute atomic E-state index is 0.164. The van der Waals surface area contributed by atoms with Crippen LogP contribution in [0.25, 0.3) is 0 Å². The maximum Gasteiger partial charge on any atom is 0.254 e. The number of nitrogens with zero attached hydrogens (tertiary/aromatic N) is 1. The van der Waals surface area contributed by atoms with Crippen molar-refractivity contribution in [1.82, 2.24) is 9.97 Å². The van der Waals surface area contributed by atoms with E-state index in [1.54, 1.807) is 0 Å². The van der Waals surface area contributed by atoms with E-state index in [4.69, 9.17) is 4.74 Å². The molecule has 1 aromatic rings. The third-order valence-corrected chi connectivity index (χ3v) is 2.24. The summed E-state index contributed by atoms with van der Waals surface area (Å²) in [7, 11) is 0. The molecule has 4 nitrogen and oxygen atoms in total. The number of hydrogen-bond donors (Lipinski definition) is 1. The van der Waals surface area contributed by atoms with Crippen LogP contribution < -0.4 is 10.3 Å². The summed E-state index contributed by atoms with van der Waals surface area (Å²) in [5.74, 6) is 0.440. The molecule has 0 bridgehead atoms. The molecule has 1 fully saturated rings. The Labute approximate surface area is 76.0 Å². The Kier molecular flexibility index (Phi) is 2.29. The van der Waals surface area contributed by atoms with Crippen molar-refractivity contribution in [3.63, 3.8) is 0 Å². The van der Waals surface area contributed by atoms with Gasteiger partial charge in [-0.3, -0.25) is 4.79 Å². The van der Waals surface area contributed by atoms with E-state index in [1.807, 2.05) is 0 Å². The second kappa shape index (κ2) is 3.60.